The molecule has 0 aliphatic heterocycles. The van der Waals surface area contributed by atoms with E-state index in [0.29, 0.717) is 23.9 Å². The first kappa shape index (κ1) is 19.6. The number of aryl methyl sites for hydroxylation is 1. The average molecular weight is 400 g/mol. The van der Waals surface area contributed by atoms with Crippen LogP contribution in [0.2, 0.25) is 0 Å². The van der Waals surface area contributed by atoms with Gasteiger partial charge in [0.25, 0.3) is 5.88 Å². The molecule has 0 saturated heterocycles. The minimum Gasteiger partial charge on any atom is -0.478 e. The van der Waals surface area contributed by atoms with E-state index in [1.807, 2.05) is 31.2 Å². The largest absolute Gasteiger partial charge is 0.478 e. The summed E-state index contributed by atoms with van der Waals surface area (Å²) in [5, 5.41) is 7.96. The third-order valence-electron chi connectivity index (χ3n) is 3.70. The zero-order valence-corrected chi connectivity index (χ0v) is 16.5. The van der Waals surface area contributed by atoms with Gasteiger partial charge in [-0.3, -0.25) is 4.72 Å². The van der Waals surface area contributed by atoms with Crippen LogP contribution in [0.1, 0.15) is 11.1 Å². The number of methoxy groups -OCH3 is 1. The van der Waals surface area contributed by atoms with E-state index in [9.17, 15) is 8.42 Å². The molecule has 2 aromatic heterocycles. The summed E-state index contributed by atoms with van der Waals surface area (Å²) in [4.78, 5) is 4.43. The van der Waals surface area contributed by atoms with Crippen molar-refractivity contribution in [1.82, 2.24) is 15.2 Å². The third kappa shape index (κ3) is 5.17. The summed E-state index contributed by atoms with van der Waals surface area (Å²) in [5.74, 6) is 0.496. The van der Waals surface area contributed by atoms with E-state index < -0.39 is 10.0 Å². The lowest BCUT2D eigenvalue weighted by Crippen LogP contribution is -2.12. The number of sulfonamides is 1. The zero-order chi connectivity index (χ0) is 20.1. The Hall–Kier alpha value is -3.20. The number of hydrogen-bond donors (Lipinski definition) is 1. The number of hydrogen-bond acceptors (Lipinski definition) is 7. The van der Waals surface area contributed by atoms with Crippen LogP contribution < -0.4 is 14.2 Å². The second kappa shape index (κ2) is 8.22. The molecule has 9 heteroatoms. The van der Waals surface area contributed by atoms with Crippen LogP contribution in [0.5, 0.6) is 11.8 Å². The fraction of sp³-hybridized carbons (Fsp3) is 0.211. The Bertz CT molecular complexity index is 1090. The van der Waals surface area contributed by atoms with Gasteiger partial charge in [0.15, 0.2) is 0 Å². The van der Waals surface area contributed by atoms with Gasteiger partial charge in [0.05, 0.1) is 19.1 Å². The highest BCUT2D eigenvalue weighted by Crippen LogP contribution is 2.27. The Morgan fingerprint density at radius 2 is 1.82 bits per heavy atom. The SMILES string of the molecule is COc1nnc(-c2cccc(OCc3cccc(C)c3)n2)cc1NS(C)(=O)=O. The van der Waals surface area contributed by atoms with Crippen LogP contribution in [0.15, 0.2) is 48.5 Å². The van der Waals surface area contributed by atoms with E-state index >= 15 is 0 Å². The van der Waals surface area contributed by atoms with Crippen molar-refractivity contribution in [3.8, 4) is 23.1 Å². The zero-order valence-electron chi connectivity index (χ0n) is 15.7. The van der Waals surface area contributed by atoms with E-state index in [2.05, 4.69) is 19.9 Å². The fourth-order valence-corrected chi connectivity index (χ4v) is 3.07. The summed E-state index contributed by atoms with van der Waals surface area (Å²) in [6, 6.07) is 14.8. The van der Waals surface area contributed by atoms with Crippen molar-refractivity contribution in [3.05, 3.63) is 59.7 Å². The van der Waals surface area contributed by atoms with Crippen molar-refractivity contribution < 1.29 is 17.9 Å². The Morgan fingerprint density at radius 3 is 2.54 bits per heavy atom. The van der Waals surface area contributed by atoms with Gasteiger partial charge in [-0.15, -0.1) is 10.2 Å². The number of aromatic nitrogens is 3. The van der Waals surface area contributed by atoms with Gasteiger partial charge < -0.3 is 9.47 Å². The molecule has 3 rings (SSSR count). The Kier molecular flexibility index (Phi) is 5.74. The first-order valence-electron chi connectivity index (χ1n) is 8.39. The number of ether oxygens (including phenoxy) is 2. The van der Waals surface area contributed by atoms with Crippen molar-refractivity contribution in [2.75, 3.05) is 18.1 Å². The molecule has 0 fully saturated rings. The highest BCUT2D eigenvalue weighted by Gasteiger charge is 2.14. The summed E-state index contributed by atoms with van der Waals surface area (Å²) >= 11 is 0. The number of benzene rings is 1. The molecule has 1 aromatic carbocycles. The van der Waals surface area contributed by atoms with Crippen LogP contribution in [0.4, 0.5) is 5.69 Å². The van der Waals surface area contributed by atoms with E-state index in [4.69, 9.17) is 9.47 Å². The summed E-state index contributed by atoms with van der Waals surface area (Å²) < 4.78 is 36.3. The van der Waals surface area contributed by atoms with Crippen LogP contribution in [0.25, 0.3) is 11.4 Å². The van der Waals surface area contributed by atoms with E-state index in [-0.39, 0.29) is 11.6 Å². The fourth-order valence-electron chi connectivity index (χ4n) is 2.53. The van der Waals surface area contributed by atoms with E-state index in [0.717, 1.165) is 17.4 Å². The molecule has 1 N–H and O–H groups in total. The molecular weight excluding hydrogens is 380 g/mol. The molecule has 0 amide bonds. The lowest BCUT2D eigenvalue weighted by molar-refractivity contribution is 0.294. The van der Waals surface area contributed by atoms with Gasteiger partial charge in [0, 0.05) is 6.07 Å². The van der Waals surface area contributed by atoms with Crippen LogP contribution in [-0.2, 0) is 16.6 Å². The van der Waals surface area contributed by atoms with Crippen LogP contribution in [0.3, 0.4) is 0 Å². The van der Waals surface area contributed by atoms with Crippen molar-refractivity contribution >= 4 is 15.7 Å². The Morgan fingerprint density at radius 1 is 1.04 bits per heavy atom. The molecule has 0 unspecified atom stereocenters. The Balaban J connectivity index is 1.84. The summed E-state index contributed by atoms with van der Waals surface area (Å²) in [6.45, 7) is 2.40. The van der Waals surface area contributed by atoms with E-state index in [1.54, 1.807) is 18.2 Å². The minimum atomic E-state index is -3.50. The monoisotopic (exact) mass is 400 g/mol. The maximum absolute atomic E-state index is 11.6. The van der Waals surface area contributed by atoms with Gasteiger partial charge in [-0.1, -0.05) is 35.9 Å². The molecule has 0 bridgehead atoms. The summed E-state index contributed by atoms with van der Waals surface area (Å²) in [7, 11) is -2.12. The minimum absolute atomic E-state index is 0.0704. The highest BCUT2D eigenvalue weighted by atomic mass is 32.2. The van der Waals surface area contributed by atoms with Gasteiger partial charge in [-0.05, 0) is 24.6 Å². The van der Waals surface area contributed by atoms with Gasteiger partial charge in [0.2, 0.25) is 15.9 Å². The van der Waals surface area contributed by atoms with Crippen molar-refractivity contribution in [1.29, 1.82) is 0 Å². The molecule has 0 saturated carbocycles. The molecule has 28 heavy (non-hydrogen) atoms. The average Bonchev–Trinajstić information content (AvgIpc) is 2.65. The maximum Gasteiger partial charge on any atom is 0.257 e. The van der Waals surface area contributed by atoms with Crippen LogP contribution in [-0.4, -0.2) is 37.0 Å². The smallest absolute Gasteiger partial charge is 0.257 e. The number of pyridine rings is 1. The lowest BCUT2D eigenvalue weighted by atomic mass is 10.1. The summed E-state index contributed by atoms with van der Waals surface area (Å²) in [5.41, 5.74) is 3.25. The van der Waals surface area contributed by atoms with Gasteiger partial charge in [0.1, 0.15) is 18.0 Å². The van der Waals surface area contributed by atoms with E-state index in [1.165, 1.54) is 13.2 Å². The number of anilines is 1. The maximum atomic E-state index is 11.6. The van der Waals surface area contributed by atoms with Crippen LogP contribution in [0, 0.1) is 6.92 Å². The lowest BCUT2D eigenvalue weighted by Gasteiger charge is -2.10. The predicted octanol–water partition coefficient (Wildman–Crippen LogP) is 2.81. The second-order valence-corrected chi connectivity index (χ2v) is 7.91. The number of nitrogens with one attached hydrogen (secondary N) is 1. The van der Waals surface area contributed by atoms with Crippen molar-refractivity contribution in [3.63, 3.8) is 0 Å². The topological polar surface area (TPSA) is 103 Å². The quantitative estimate of drug-likeness (QED) is 0.650. The first-order chi connectivity index (χ1) is 13.3. The van der Waals surface area contributed by atoms with Gasteiger partial charge in [-0.2, -0.15) is 0 Å². The van der Waals surface area contributed by atoms with Crippen molar-refractivity contribution in [2.45, 2.75) is 13.5 Å². The molecule has 0 radical (unpaired) electrons. The molecular formula is C19H20N4O4S. The standard InChI is InChI=1S/C19H20N4O4S/c1-13-6-4-7-14(10-13)12-27-18-9-5-8-15(20-18)16-11-17(23-28(3,24)25)19(26-2)22-21-16/h4-11H,12H2,1-3H3,(H,21,23). The predicted molar refractivity (Wildman–Crippen MR) is 106 cm³/mol. The van der Waals surface area contributed by atoms with Crippen LogP contribution >= 0.6 is 0 Å². The molecule has 0 spiro atoms. The molecule has 8 nitrogen and oxygen atoms in total. The second-order valence-electron chi connectivity index (χ2n) is 6.17. The number of nitrogens with zero attached hydrogens (tertiary/aromatic N) is 3. The third-order valence-corrected chi connectivity index (χ3v) is 4.29. The molecule has 146 valence electrons. The first-order valence-corrected chi connectivity index (χ1v) is 10.3. The molecule has 0 aliphatic rings. The molecule has 2 heterocycles. The molecule has 0 aliphatic carbocycles. The van der Waals surface area contributed by atoms with Gasteiger partial charge >= 0.3 is 0 Å². The highest BCUT2D eigenvalue weighted by molar-refractivity contribution is 7.92. The normalized spacial score (nSPS) is 11.1. The van der Waals surface area contributed by atoms with Crippen molar-refractivity contribution in [2.24, 2.45) is 0 Å². The Labute approximate surface area is 163 Å². The summed E-state index contributed by atoms with van der Waals surface area (Å²) in [6.07, 6.45) is 1.05. The van der Waals surface area contributed by atoms with Gasteiger partial charge in [-0.25, -0.2) is 13.4 Å². The number of rotatable bonds is 7. The molecule has 3 aromatic rings. The molecule has 0 atom stereocenters.